The molecule has 0 atom stereocenters. The number of aromatic nitrogens is 2. The summed E-state index contributed by atoms with van der Waals surface area (Å²) in [7, 11) is 0. The molecule has 4 rings (SSSR count). The number of phenols is 1. The Morgan fingerprint density at radius 3 is 2.77 bits per heavy atom. The Morgan fingerprint density at radius 2 is 2.00 bits per heavy atom. The number of nitrogens with zero attached hydrogens (tertiary/aromatic N) is 2. The molecule has 3 N–H and O–H groups in total. The monoisotopic (exact) mass is 370 g/mol. The first-order valence-electron chi connectivity index (χ1n) is 8.59. The fourth-order valence-electron chi connectivity index (χ4n) is 3.29. The Hall–Kier alpha value is -2.73. The van der Waals surface area contributed by atoms with Gasteiger partial charge in [-0.25, -0.2) is 4.98 Å². The lowest BCUT2D eigenvalue weighted by molar-refractivity contribution is -0.120. The van der Waals surface area contributed by atoms with Gasteiger partial charge in [-0.3, -0.25) is 4.79 Å². The number of nitrogens with one attached hydrogen (secondary N) is 2. The number of fused-ring (bicyclic) bond motifs is 1. The van der Waals surface area contributed by atoms with Gasteiger partial charge in [0.1, 0.15) is 5.75 Å². The van der Waals surface area contributed by atoms with Crippen LogP contribution in [0.3, 0.4) is 0 Å². The Morgan fingerprint density at radius 1 is 1.23 bits per heavy atom. The second-order valence-corrected chi connectivity index (χ2v) is 6.93. The van der Waals surface area contributed by atoms with Crippen molar-refractivity contribution in [3.8, 4) is 5.75 Å². The fraction of sp³-hybridized carbons (Fsp3) is 0.263. The van der Waals surface area contributed by atoms with Gasteiger partial charge in [-0.05, 0) is 43.2 Å². The zero-order chi connectivity index (χ0) is 18.1. The van der Waals surface area contributed by atoms with Crippen molar-refractivity contribution in [3.63, 3.8) is 0 Å². The van der Waals surface area contributed by atoms with Crippen LogP contribution in [0.25, 0.3) is 11.0 Å². The van der Waals surface area contributed by atoms with Crippen molar-refractivity contribution in [2.75, 3.05) is 23.3 Å². The van der Waals surface area contributed by atoms with Gasteiger partial charge in [0.2, 0.25) is 11.9 Å². The number of aromatic hydroxyl groups is 1. The summed E-state index contributed by atoms with van der Waals surface area (Å²) in [6.45, 7) is 1.50. The number of piperidine rings is 1. The minimum absolute atomic E-state index is 0.0162. The molecule has 1 amide bonds. The van der Waals surface area contributed by atoms with E-state index >= 15 is 0 Å². The van der Waals surface area contributed by atoms with E-state index in [-0.39, 0.29) is 17.6 Å². The summed E-state index contributed by atoms with van der Waals surface area (Å²) in [5, 5.41) is 13.1. The van der Waals surface area contributed by atoms with Crippen LogP contribution in [0, 0.1) is 5.92 Å². The number of rotatable bonds is 3. The molecule has 1 aliphatic heterocycles. The van der Waals surface area contributed by atoms with E-state index in [1.807, 2.05) is 24.3 Å². The van der Waals surface area contributed by atoms with Gasteiger partial charge < -0.3 is 20.3 Å². The summed E-state index contributed by atoms with van der Waals surface area (Å²) in [5.74, 6) is 0.667. The van der Waals surface area contributed by atoms with Gasteiger partial charge in [0.15, 0.2) is 0 Å². The fourth-order valence-corrected chi connectivity index (χ4v) is 3.46. The third-order valence-corrected chi connectivity index (χ3v) is 4.99. The molecule has 1 aliphatic rings. The molecule has 0 unspecified atom stereocenters. The Balaban J connectivity index is 1.39. The Bertz CT molecular complexity index is 915. The lowest BCUT2D eigenvalue weighted by atomic mass is 9.96. The molecule has 134 valence electrons. The highest BCUT2D eigenvalue weighted by Gasteiger charge is 2.26. The SMILES string of the molecule is O=C(Nc1cc(Cl)ccc1O)C1CCN(c2nc3ccccc3[nH]2)CC1. The van der Waals surface area contributed by atoms with Crippen LogP contribution in [0.15, 0.2) is 42.5 Å². The molecule has 1 aromatic heterocycles. The van der Waals surface area contributed by atoms with Crippen LogP contribution in [0.4, 0.5) is 11.6 Å². The van der Waals surface area contributed by atoms with Crippen LogP contribution in [0.2, 0.25) is 5.02 Å². The highest BCUT2D eigenvalue weighted by atomic mass is 35.5. The number of hydrogen-bond acceptors (Lipinski definition) is 4. The number of amides is 1. The zero-order valence-corrected chi connectivity index (χ0v) is 14.8. The van der Waals surface area contributed by atoms with Gasteiger partial charge in [0.05, 0.1) is 16.7 Å². The number of aromatic amines is 1. The number of para-hydroxylation sites is 2. The average molecular weight is 371 g/mol. The van der Waals surface area contributed by atoms with E-state index < -0.39 is 0 Å². The maximum Gasteiger partial charge on any atom is 0.227 e. The molecule has 0 bridgehead atoms. The number of halogens is 1. The lowest BCUT2D eigenvalue weighted by Gasteiger charge is -2.31. The standard InChI is InChI=1S/C19H19ClN4O2/c20-13-5-6-17(25)16(11-13)21-18(26)12-7-9-24(10-8-12)19-22-14-3-1-2-4-15(14)23-19/h1-6,11-12,25H,7-10H2,(H,21,26)(H,22,23). The Labute approximate surface area is 155 Å². The van der Waals surface area contributed by atoms with Crippen molar-refractivity contribution in [1.29, 1.82) is 0 Å². The summed E-state index contributed by atoms with van der Waals surface area (Å²) in [6.07, 6.45) is 1.45. The molecule has 1 fully saturated rings. The highest BCUT2D eigenvalue weighted by Crippen LogP contribution is 2.29. The molecule has 3 aromatic rings. The van der Waals surface area contributed by atoms with Crippen molar-refractivity contribution in [2.45, 2.75) is 12.8 Å². The minimum Gasteiger partial charge on any atom is -0.506 e. The molecule has 0 aliphatic carbocycles. The van der Waals surface area contributed by atoms with Crippen LogP contribution in [-0.4, -0.2) is 34.1 Å². The molecule has 7 heteroatoms. The number of benzene rings is 2. The summed E-state index contributed by atoms with van der Waals surface area (Å²) in [6, 6.07) is 12.5. The van der Waals surface area contributed by atoms with Gasteiger partial charge in [0.25, 0.3) is 0 Å². The summed E-state index contributed by atoms with van der Waals surface area (Å²) >= 11 is 5.93. The maximum atomic E-state index is 12.5. The summed E-state index contributed by atoms with van der Waals surface area (Å²) in [4.78, 5) is 22.6. The molecular weight excluding hydrogens is 352 g/mol. The molecular formula is C19H19ClN4O2. The maximum absolute atomic E-state index is 12.5. The summed E-state index contributed by atoms with van der Waals surface area (Å²) < 4.78 is 0. The smallest absolute Gasteiger partial charge is 0.227 e. The molecule has 0 spiro atoms. The second kappa shape index (κ2) is 6.88. The van der Waals surface area contributed by atoms with Crippen molar-refractivity contribution >= 4 is 40.2 Å². The predicted molar refractivity (Wildman–Crippen MR) is 103 cm³/mol. The second-order valence-electron chi connectivity index (χ2n) is 6.49. The first-order valence-corrected chi connectivity index (χ1v) is 8.97. The van der Waals surface area contributed by atoms with E-state index in [0.717, 1.165) is 42.9 Å². The number of imidazole rings is 1. The van der Waals surface area contributed by atoms with Gasteiger partial charge in [0, 0.05) is 24.0 Å². The number of hydrogen-bond donors (Lipinski definition) is 3. The van der Waals surface area contributed by atoms with Gasteiger partial charge in [-0.1, -0.05) is 23.7 Å². The van der Waals surface area contributed by atoms with E-state index in [1.54, 1.807) is 12.1 Å². The molecule has 0 saturated carbocycles. The average Bonchev–Trinajstić information content (AvgIpc) is 3.09. The highest BCUT2D eigenvalue weighted by molar-refractivity contribution is 6.31. The number of phenolic OH excluding ortho intramolecular Hbond substituents is 1. The molecule has 26 heavy (non-hydrogen) atoms. The van der Waals surface area contributed by atoms with Crippen molar-refractivity contribution in [1.82, 2.24) is 9.97 Å². The first-order chi connectivity index (χ1) is 12.6. The first kappa shape index (κ1) is 16.7. The molecule has 6 nitrogen and oxygen atoms in total. The van der Waals surface area contributed by atoms with E-state index in [1.165, 1.54) is 6.07 Å². The van der Waals surface area contributed by atoms with E-state index in [0.29, 0.717) is 10.7 Å². The summed E-state index contributed by atoms with van der Waals surface area (Å²) in [5.41, 5.74) is 2.31. The lowest BCUT2D eigenvalue weighted by Crippen LogP contribution is -2.38. The van der Waals surface area contributed by atoms with Crippen molar-refractivity contribution in [2.24, 2.45) is 5.92 Å². The number of carbonyl (C=O) groups is 1. The van der Waals surface area contributed by atoms with Crippen LogP contribution in [0.1, 0.15) is 12.8 Å². The van der Waals surface area contributed by atoms with Gasteiger partial charge in [-0.15, -0.1) is 0 Å². The normalized spacial score (nSPS) is 15.3. The van der Waals surface area contributed by atoms with Gasteiger partial charge >= 0.3 is 0 Å². The number of H-pyrrole nitrogens is 1. The van der Waals surface area contributed by atoms with Crippen LogP contribution in [0.5, 0.6) is 5.75 Å². The van der Waals surface area contributed by atoms with Crippen LogP contribution >= 0.6 is 11.6 Å². The van der Waals surface area contributed by atoms with E-state index in [9.17, 15) is 9.90 Å². The third-order valence-electron chi connectivity index (χ3n) is 4.76. The largest absolute Gasteiger partial charge is 0.506 e. The quantitative estimate of drug-likeness (QED) is 0.613. The molecule has 0 radical (unpaired) electrons. The van der Waals surface area contributed by atoms with Crippen LogP contribution < -0.4 is 10.2 Å². The Kier molecular flexibility index (Phi) is 4.42. The molecule has 1 saturated heterocycles. The van der Waals surface area contributed by atoms with Crippen LogP contribution in [-0.2, 0) is 4.79 Å². The minimum atomic E-state index is -0.103. The predicted octanol–water partition coefficient (Wildman–Crippen LogP) is 3.78. The third kappa shape index (κ3) is 3.32. The van der Waals surface area contributed by atoms with E-state index in [4.69, 9.17) is 11.6 Å². The van der Waals surface area contributed by atoms with E-state index in [2.05, 4.69) is 20.2 Å². The molecule has 2 heterocycles. The van der Waals surface area contributed by atoms with Crippen molar-refractivity contribution < 1.29 is 9.90 Å². The topological polar surface area (TPSA) is 81.2 Å². The number of anilines is 2. The molecule has 2 aromatic carbocycles. The number of carbonyl (C=O) groups excluding carboxylic acids is 1. The van der Waals surface area contributed by atoms with Gasteiger partial charge in [-0.2, -0.15) is 0 Å². The van der Waals surface area contributed by atoms with Crippen molar-refractivity contribution in [3.05, 3.63) is 47.5 Å². The zero-order valence-electron chi connectivity index (χ0n) is 14.1.